The molecular weight excluding hydrogens is 717 g/mol. The zero-order chi connectivity index (χ0) is 38.6. The number of hydrogen-bond donors (Lipinski definition) is 0. The molecule has 0 saturated carbocycles. The van der Waals surface area contributed by atoms with Crippen LogP contribution >= 0.6 is 0 Å². The Labute approximate surface area is 339 Å². The van der Waals surface area contributed by atoms with E-state index < -0.39 is 0 Å². The van der Waals surface area contributed by atoms with Crippen LogP contribution in [0.25, 0.3) is 121 Å². The second-order valence-corrected chi connectivity index (χ2v) is 15.7. The number of rotatable bonds is 4. The van der Waals surface area contributed by atoms with E-state index in [0.29, 0.717) is 0 Å². The lowest BCUT2D eigenvalue weighted by Gasteiger charge is -2.12. The summed E-state index contributed by atoms with van der Waals surface area (Å²) in [5, 5.41) is 12.3. The highest BCUT2D eigenvalue weighted by atomic mass is 16.3. The molecule has 0 amide bonds. The normalized spacial score (nSPS) is 12.1. The Morgan fingerprint density at radius 1 is 0.288 bits per heavy atom. The predicted octanol–water partition coefficient (Wildman–Crippen LogP) is 15.4. The standard InChI is InChI=1S/C56H34N2O/c1-2-11-40(12-3-1)57-50-17-7-4-13-45(50)46-28-24-39(34-53(46)57)44-16-10-19-52-56(44)48-15-5-8-18-51(48)58(52)41-26-29-43-38(32-41)22-21-37-31-35(23-27-42(37)43)36-25-30-55-49(33-36)47-14-6-9-20-54(47)59-55/h1-34H. The van der Waals surface area contributed by atoms with Gasteiger partial charge in [-0.3, -0.25) is 0 Å². The lowest BCUT2D eigenvalue weighted by atomic mass is 9.96. The highest BCUT2D eigenvalue weighted by molar-refractivity contribution is 6.18. The van der Waals surface area contributed by atoms with Gasteiger partial charge < -0.3 is 13.6 Å². The summed E-state index contributed by atoms with van der Waals surface area (Å²) >= 11 is 0. The quantitative estimate of drug-likeness (QED) is 0.164. The molecule has 274 valence electrons. The van der Waals surface area contributed by atoms with Crippen molar-refractivity contribution in [2.45, 2.75) is 0 Å². The maximum absolute atomic E-state index is 6.11. The van der Waals surface area contributed by atoms with Gasteiger partial charge in [-0.05, 0) is 117 Å². The van der Waals surface area contributed by atoms with E-state index in [2.05, 4.69) is 203 Å². The molecule has 13 aromatic rings. The van der Waals surface area contributed by atoms with Gasteiger partial charge in [0.15, 0.2) is 0 Å². The first-order valence-corrected chi connectivity index (χ1v) is 20.2. The van der Waals surface area contributed by atoms with Crippen molar-refractivity contribution in [1.29, 1.82) is 0 Å². The van der Waals surface area contributed by atoms with Crippen LogP contribution in [-0.4, -0.2) is 9.13 Å². The first-order valence-electron chi connectivity index (χ1n) is 20.2. The molecule has 10 aromatic carbocycles. The lowest BCUT2D eigenvalue weighted by Crippen LogP contribution is -1.94. The van der Waals surface area contributed by atoms with Gasteiger partial charge in [-0.15, -0.1) is 0 Å². The van der Waals surface area contributed by atoms with E-state index in [1.54, 1.807) is 0 Å². The molecule has 13 rings (SSSR count). The fraction of sp³-hybridized carbons (Fsp3) is 0. The molecule has 3 heterocycles. The molecule has 3 nitrogen and oxygen atoms in total. The molecule has 3 aromatic heterocycles. The maximum Gasteiger partial charge on any atom is 0.135 e. The molecule has 0 fully saturated rings. The van der Waals surface area contributed by atoms with Crippen LogP contribution in [0.3, 0.4) is 0 Å². The highest BCUT2D eigenvalue weighted by Crippen LogP contribution is 2.42. The van der Waals surface area contributed by atoms with E-state index in [4.69, 9.17) is 4.42 Å². The molecule has 0 unspecified atom stereocenters. The van der Waals surface area contributed by atoms with Gasteiger partial charge in [0.25, 0.3) is 0 Å². The van der Waals surface area contributed by atoms with Gasteiger partial charge in [-0.2, -0.15) is 0 Å². The summed E-state index contributed by atoms with van der Waals surface area (Å²) in [4.78, 5) is 0. The molecule has 0 aliphatic carbocycles. The molecule has 0 radical (unpaired) electrons. The van der Waals surface area contributed by atoms with Gasteiger partial charge in [0.2, 0.25) is 0 Å². The van der Waals surface area contributed by atoms with Crippen molar-refractivity contribution in [2.75, 3.05) is 0 Å². The third-order valence-corrected chi connectivity index (χ3v) is 12.5. The van der Waals surface area contributed by atoms with Crippen LogP contribution in [0.1, 0.15) is 0 Å². The predicted molar refractivity (Wildman–Crippen MR) is 248 cm³/mol. The summed E-state index contributed by atoms with van der Waals surface area (Å²) in [6.07, 6.45) is 0. The molecule has 0 aliphatic heterocycles. The Kier molecular flexibility index (Phi) is 6.72. The van der Waals surface area contributed by atoms with Gasteiger partial charge in [0.1, 0.15) is 11.2 Å². The average Bonchev–Trinajstić information content (AvgIpc) is 3.96. The van der Waals surface area contributed by atoms with Crippen molar-refractivity contribution < 1.29 is 4.42 Å². The monoisotopic (exact) mass is 750 g/mol. The van der Waals surface area contributed by atoms with Gasteiger partial charge in [-0.1, -0.05) is 133 Å². The van der Waals surface area contributed by atoms with Crippen molar-refractivity contribution in [3.63, 3.8) is 0 Å². The Bertz CT molecular complexity index is 3840. The molecule has 0 spiro atoms. The molecule has 0 aliphatic rings. The van der Waals surface area contributed by atoms with Crippen molar-refractivity contribution in [1.82, 2.24) is 9.13 Å². The molecule has 0 bridgehead atoms. The van der Waals surface area contributed by atoms with Crippen LogP contribution < -0.4 is 0 Å². The summed E-state index contributed by atoms with van der Waals surface area (Å²) in [5.74, 6) is 0. The first-order chi connectivity index (χ1) is 29.2. The van der Waals surface area contributed by atoms with Gasteiger partial charge in [-0.25, -0.2) is 0 Å². The second kappa shape index (κ2) is 12.3. The summed E-state index contributed by atoms with van der Waals surface area (Å²) in [6, 6.07) is 75.2. The number of benzene rings is 10. The van der Waals surface area contributed by atoms with Crippen molar-refractivity contribution in [3.8, 4) is 33.6 Å². The molecular formula is C56H34N2O. The van der Waals surface area contributed by atoms with E-state index in [1.807, 2.05) is 12.1 Å². The minimum absolute atomic E-state index is 0.918. The Hall–Kier alpha value is -7.88. The zero-order valence-corrected chi connectivity index (χ0v) is 31.9. The summed E-state index contributed by atoms with van der Waals surface area (Å²) in [6.45, 7) is 0. The van der Waals surface area contributed by atoms with E-state index in [-0.39, 0.29) is 0 Å². The lowest BCUT2D eigenvalue weighted by molar-refractivity contribution is 0.669. The number of nitrogens with zero attached hydrogens (tertiary/aromatic N) is 2. The first kappa shape index (κ1) is 32.2. The summed E-state index contributed by atoms with van der Waals surface area (Å²) in [7, 11) is 0. The number of furan rings is 1. The van der Waals surface area contributed by atoms with E-state index in [0.717, 1.165) is 33.3 Å². The third-order valence-electron chi connectivity index (χ3n) is 12.5. The minimum Gasteiger partial charge on any atom is -0.456 e. The fourth-order valence-corrected chi connectivity index (χ4v) is 9.81. The smallest absolute Gasteiger partial charge is 0.135 e. The minimum atomic E-state index is 0.918. The third kappa shape index (κ3) is 4.76. The number of aromatic nitrogens is 2. The van der Waals surface area contributed by atoms with Crippen LogP contribution in [0.15, 0.2) is 211 Å². The van der Waals surface area contributed by atoms with Crippen LogP contribution in [0.5, 0.6) is 0 Å². The average molecular weight is 751 g/mol. The van der Waals surface area contributed by atoms with E-state index >= 15 is 0 Å². The van der Waals surface area contributed by atoms with Crippen molar-refractivity contribution in [3.05, 3.63) is 206 Å². The molecule has 0 N–H and O–H groups in total. The van der Waals surface area contributed by atoms with Crippen LogP contribution in [-0.2, 0) is 0 Å². The van der Waals surface area contributed by atoms with Crippen LogP contribution in [0, 0.1) is 0 Å². The van der Waals surface area contributed by atoms with Gasteiger partial charge in [0, 0.05) is 43.7 Å². The SMILES string of the molecule is c1ccc(-n2c3ccccc3c3ccc(-c4cccc5c4c4ccccc4n5-c4ccc5c(ccc6cc(-c7ccc8oc9ccccc9c8c7)ccc65)c4)cc32)cc1. The number of hydrogen-bond acceptors (Lipinski definition) is 1. The fourth-order valence-electron chi connectivity index (χ4n) is 9.81. The summed E-state index contributed by atoms with van der Waals surface area (Å²) in [5.41, 5.74) is 13.8. The molecule has 3 heteroatoms. The van der Waals surface area contributed by atoms with E-state index in [9.17, 15) is 0 Å². The largest absolute Gasteiger partial charge is 0.456 e. The molecule has 59 heavy (non-hydrogen) atoms. The highest BCUT2D eigenvalue weighted by Gasteiger charge is 2.19. The van der Waals surface area contributed by atoms with Gasteiger partial charge in [0.05, 0.1) is 22.1 Å². The Morgan fingerprint density at radius 2 is 0.881 bits per heavy atom. The second-order valence-electron chi connectivity index (χ2n) is 15.7. The van der Waals surface area contributed by atoms with Crippen LogP contribution in [0.4, 0.5) is 0 Å². The van der Waals surface area contributed by atoms with E-state index in [1.165, 1.54) is 87.4 Å². The Morgan fingerprint density at radius 3 is 1.75 bits per heavy atom. The topological polar surface area (TPSA) is 23.0 Å². The molecule has 0 atom stereocenters. The van der Waals surface area contributed by atoms with Crippen LogP contribution in [0.2, 0.25) is 0 Å². The van der Waals surface area contributed by atoms with Crippen molar-refractivity contribution in [2.24, 2.45) is 0 Å². The Balaban J connectivity index is 0.947. The molecule has 0 saturated heterocycles. The maximum atomic E-state index is 6.11. The van der Waals surface area contributed by atoms with Crippen molar-refractivity contribution >= 4 is 87.1 Å². The summed E-state index contributed by atoms with van der Waals surface area (Å²) < 4.78 is 11.0. The number of fused-ring (bicyclic) bond motifs is 12. The number of para-hydroxylation sites is 4. The zero-order valence-electron chi connectivity index (χ0n) is 31.9. The van der Waals surface area contributed by atoms with Gasteiger partial charge >= 0.3 is 0 Å².